The zero-order valence-electron chi connectivity index (χ0n) is 8.02. The Labute approximate surface area is 95.2 Å². The fourth-order valence-electron chi connectivity index (χ4n) is 1.84. The Morgan fingerprint density at radius 1 is 1.80 bits per heavy atom. The van der Waals surface area contributed by atoms with Crippen LogP contribution in [0.3, 0.4) is 0 Å². The van der Waals surface area contributed by atoms with E-state index in [1.165, 1.54) is 0 Å². The fraction of sp³-hybridized carbons (Fsp3) is 0.556. The zero-order chi connectivity index (χ0) is 10.9. The number of aliphatic carboxylic acids is 1. The predicted octanol–water partition coefficient (Wildman–Crippen LogP) is 1.24. The van der Waals surface area contributed by atoms with Gasteiger partial charge in [0.2, 0.25) is 0 Å². The van der Waals surface area contributed by atoms with Crippen molar-refractivity contribution >= 4 is 21.9 Å². The Balaban J connectivity index is 2.29. The van der Waals surface area contributed by atoms with Gasteiger partial charge in [0.1, 0.15) is 0 Å². The molecule has 1 unspecified atom stereocenters. The van der Waals surface area contributed by atoms with Crippen molar-refractivity contribution in [2.75, 3.05) is 13.2 Å². The number of carboxylic acid groups (broad SMARTS) is 1. The quantitative estimate of drug-likeness (QED) is 0.901. The molecule has 0 aromatic carbocycles. The second kappa shape index (κ2) is 3.94. The molecule has 1 aromatic heterocycles. The van der Waals surface area contributed by atoms with Crippen LogP contribution in [-0.2, 0) is 15.1 Å². The maximum atomic E-state index is 10.8. The first-order valence-electron chi connectivity index (χ1n) is 4.63. The first-order valence-corrected chi connectivity index (χ1v) is 5.42. The molecular formula is C9H11BrN2O3. The van der Waals surface area contributed by atoms with Crippen molar-refractivity contribution in [3.63, 3.8) is 0 Å². The monoisotopic (exact) mass is 274 g/mol. The van der Waals surface area contributed by atoms with Gasteiger partial charge in [-0.05, 0) is 22.4 Å². The molecule has 0 bridgehead atoms. The molecular weight excluding hydrogens is 264 g/mol. The summed E-state index contributed by atoms with van der Waals surface area (Å²) in [6, 6.07) is 0. The van der Waals surface area contributed by atoms with Crippen molar-refractivity contribution in [2.24, 2.45) is 0 Å². The fourth-order valence-corrected chi connectivity index (χ4v) is 2.12. The number of carboxylic acids is 1. The van der Waals surface area contributed by atoms with E-state index < -0.39 is 11.5 Å². The van der Waals surface area contributed by atoms with Gasteiger partial charge in [-0.3, -0.25) is 9.48 Å². The van der Waals surface area contributed by atoms with E-state index in [4.69, 9.17) is 9.84 Å². The zero-order valence-corrected chi connectivity index (χ0v) is 9.61. The van der Waals surface area contributed by atoms with Crippen LogP contribution in [0.25, 0.3) is 0 Å². The molecule has 0 radical (unpaired) electrons. The summed E-state index contributed by atoms with van der Waals surface area (Å²) in [6.45, 7) is 0.998. The Bertz CT molecular complexity index is 371. The average Bonchev–Trinajstić information content (AvgIpc) is 2.73. The van der Waals surface area contributed by atoms with Crippen LogP contribution in [-0.4, -0.2) is 34.1 Å². The van der Waals surface area contributed by atoms with Crippen molar-refractivity contribution in [1.29, 1.82) is 0 Å². The van der Waals surface area contributed by atoms with Crippen molar-refractivity contribution < 1.29 is 14.6 Å². The minimum absolute atomic E-state index is 0.0428. The largest absolute Gasteiger partial charge is 0.481 e. The van der Waals surface area contributed by atoms with Gasteiger partial charge in [-0.2, -0.15) is 5.10 Å². The number of ether oxygens (including phenoxy) is 1. The molecule has 0 spiro atoms. The minimum atomic E-state index is -0.827. The van der Waals surface area contributed by atoms with Gasteiger partial charge in [-0.15, -0.1) is 0 Å². The molecule has 1 aliphatic rings. The van der Waals surface area contributed by atoms with Crippen LogP contribution in [0, 0.1) is 0 Å². The summed E-state index contributed by atoms with van der Waals surface area (Å²) in [6.07, 6.45) is 4.17. The molecule has 5 nitrogen and oxygen atoms in total. The molecule has 1 aliphatic heterocycles. The van der Waals surface area contributed by atoms with Gasteiger partial charge in [0.15, 0.2) is 0 Å². The molecule has 0 amide bonds. The number of hydrogen-bond donors (Lipinski definition) is 1. The Hall–Kier alpha value is -0.880. The highest BCUT2D eigenvalue weighted by Gasteiger charge is 2.39. The van der Waals surface area contributed by atoms with Crippen molar-refractivity contribution in [2.45, 2.75) is 18.4 Å². The summed E-state index contributed by atoms with van der Waals surface area (Å²) in [5.41, 5.74) is -0.516. The van der Waals surface area contributed by atoms with Crippen LogP contribution in [0.4, 0.5) is 0 Å². The summed E-state index contributed by atoms with van der Waals surface area (Å²) in [5, 5.41) is 13.0. The summed E-state index contributed by atoms with van der Waals surface area (Å²) < 4.78 is 7.82. The molecule has 2 rings (SSSR count). The molecule has 1 atom stereocenters. The van der Waals surface area contributed by atoms with Gasteiger partial charge in [0.05, 0.1) is 29.2 Å². The lowest BCUT2D eigenvalue weighted by Crippen LogP contribution is -2.37. The van der Waals surface area contributed by atoms with Crippen LogP contribution < -0.4 is 0 Å². The van der Waals surface area contributed by atoms with Crippen LogP contribution in [0.15, 0.2) is 16.9 Å². The van der Waals surface area contributed by atoms with Gasteiger partial charge >= 0.3 is 5.97 Å². The molecule has 1 aromatic rings. The van der Waals surface area contributed by atoms with Crippen LogP contribution >= 0.6 is 15.9 Å². The molecule has 0 saturated carbocycles. The number of carbonyl (C=O) groups is 1. The first-order chi connectivity index (χ1) is 7.12. The number of nitrogens with zero attached hydrogens (tertiary/aromatic N) is 2. The highest BCUT2D eigenvalue weighted by molar-refractivity contribution is 9.10. The lowest BCUT2D eigenvalue weighted by atomic mass is 9.95. The van der Waals surface area contributed by atoms with E-state index in [0.29, 0.717) is 19.6 Å². The second-order valence-corrected chi connectivity index (χ2v) is 4.62. The molecule has 6 heteroatoms. The van der Waals surface area contributed by atoms with Crippen LogP contribution in [0.1, 0.15) is 12.8 Å². The third-order valence-electron chi connectivity index (χ3n) is 2.60. The Kier molecular flexibility index (Phi) is 2.79. The van der Waals surface area contributed by atoms with Crippen LogP contribution in [0.2, 0.25) is 0 Å². The first kappa shape index (κ1) is 10.6. The highest BCUT2D eigenvalue weighted by Crippen LogP contribution is 2.31. The second-order valence-electron chi connectivity index (χ2n) is 3.70. The standard InChI is InChI=1S/C9H11BrN2O3/c10-7-4-11-12(5-7)9(3-8(13)14)1-2-15-6-9/h4-5H,1-3,6H2,(H,13,14). The number of halogens is 1. The van der Waals surface area contributed by atoms with E-state index >= 15 is 0 Å². The summed E-state index contributed by atoms with van der Waals surface area (Å²) in [4.78, 5) is 10.8. The van der Waals surface area contributed by atoms with Crippen molar-refractivity contribution in [3.8, 4) is 0 Å². The van der Waals surface area contributed by atoms with E-state index in [0.717, 1.165) is 4.47 Å². The molecule has 82 valence electrons. The van der Waals surface area contributed by atoms with Gasteiger partial charge in [-0.25, -0.2) is 0 Å². The highest BCUT2D eigenvalue weighted by atomic mass is 79.9. The topological polar surface area (TPSA) is 64.3 Å². The maximum Gasteiger partial charge on any atom is 0.305 e. The van der Waals surface area contributed by atoms with E-state index in [9.17, 15) is 4.79 Å². The lowest BCUT2D eigenvalue weighted by Gasteiger charge is -2.25. The smallest absolute Gasteiger partial charge is 0.305 e. The molecule has 1 saturated heterocycles. The van der Waals surface area contributed by atoms with Gasteiger partial charge in [-0.1, -0.05) is 0 Å². The molecule has 1 fully saturated rings. The summed E-state index contributed by atoms with van der Waals surface area (Å²) >= 11 is 3.30. The minimum Gasteiger partial charge on any atom is -0.481 e. The van der Waals surface area contributed by atoms with Gasteiger partial charge in [0, 0.05) is 12.8 Å². The Morgan fingerprint density at radius 2 is 2.60 bits per heavy atom. The average molecular weight is 275 g/mol. The summed E-state index contributed by atoms with van der Waals surface area (Å²) in [5.74, 6) is -0.827. The molecule has 2 heterocycles. The number of hydrogen-bond acceptors (Lipinski definition) is 3. The molecule has 1 N–H and O–H groups in total. The van der Waals surface area contributed by atoms with E-state index in [-0.39, 0.29) is 6.42 Å². The van der Waals surface area contributed by atoms with E-state index in [2.05, 4.69) is 21.0 Å². The molecule has 0 aliphatic carbocycles. The van der Waals surface area contributed by atoms with E-state index in [1.807, 2.05) is 0 Å². The van der Waals surface area contributed by atoms with Crippen molar-refractivity contribution in [3.05, 3.63) is 16.9 Å². The normalized spacial score (nSPS) is 25.7. The van der Waals surface area contributed by atoms with E-state index in [1.54, 1.807) is 17.1 Å². The third-order valence-corrected chi connectivity index (χ3v) is 3.01. The predicted molar refractivity (Wildman–Crippen MR) is 55.6 cm³/mol. The van der Waals surface area contributed by atoms with Crippen molar-refractivity contribution in [1.82, 2.24) is 9.78 Å². The SMILES string of the molecule is O=C(O)CC1(n2cc(Br)cn2)CCOC1. The van der Waals surface area contributed by atoms with Gasteiger partial charge < -0.3 is 9.84 Å². The number of aromatic nitrogens is 2. The molecule has 15 heavy (non-hydrogen) atoms. The van der Waals surface area contributed by atoms with Gasteiger partial charge in [0.25, 0.3) is 0 Å². The number of rotatable bonds is 3. The van der Waals surface area contributed by atoms with Crippen LogP contribution in [0.5, 0.6) is 0 Å². The Morgan fingerprint density at radius 3 is 3.07 bits per heavy atom. The summed E-state index contributed by atoms with van der Waals surface area (Å²) in [7, 11) is 0. The third kappa shape index (κ3) is 2.05. The maximum absolute atomic E-state index is 10.8. The lowest BCUT2D eigenvalue weighted by molar-refractivity contribution is -0.139.